The highest BCUT2D eigenvalue weighted by Gasteiger charge is 2.15. The van der Waals surface area contributed by atoms with E-state index < -0.39 is 0 Å². The van der Waals surface area contributed by atoms with E-state index in [1.807, 2.05) is 24.4 Å². The van der Waals surface area contributed by atoms with E-state index in [-0.39, 0.29) is 24.6 Å². The van der Waals surface area contributed by atoms with Crippen LogP contribution in [0.2, 0.25) is 5.02 Å². The summed E-state index contributed by atoms with van der Waals surface area (Å²) in [5.41, 5.74) is 1.61. The number of ether oxygens (including phenoxy) is 1. The summed E-state index contributed by atoms with van der Waals surface area (Å²) in [6.07, 6.45) is 0. The van der Waals surface area contributed by atoms with Crippen LogP contribution in [-0.4, -0.2) is 34.3 Å². The van der Waals surface area contributed by atoms with E-state index in [4.69, 9.17) is 16.3 Å². The molecule has 1 amide bonds. The van der Waals surface area contributed by atoms with Gasteiger partial charge in [-0.3, -0.25) is 9.59 Å². The summed E-state index contributed by atoms with van der Waals surface area (Å²) in [4.78, 5) is 31.5. The largest absolute Gasteiger partial charge is 0.496 e. The van der Waals surface area contributed by atoms with Gasteiger partial charge in [-0.1, -0.05) is 17.7 Å². The summed E-state index contributed by atoms with van der Waals surface area (Å²) in [6, 6.07) is 12.0. The Morgan fingerprint density at radius 2 is 2.09 bits per heavy atom. The Morgan fingerprint density at radius 1 is 1.25 bits per heavy atom. The molecule has 0 spiro atoms. The summed E-state index contributed by atoms with van der Waals surface area (Å²) >= 11 is 9.17. The molecule has 0 saturated carbocycles. The molecule has 1 aromatic carbocycles. The minimum absolute atomic E-state index is 0.215. The number of amides is 1. The molecule has 3 aromatic heterocycles. The quantitative estimate of drug-likeness (QED) is 0.415. The number of rotatable bonds is 7. The van der Waals surface area contributed by atoms with Gasteiger partial charge in [0.15, 0.2) is 0 Å². The average molecular weight is 487 g/mol. The number of aromatic nitrogens is 3. The second kappa shape index (κ2) is 9.64. The number of carbonyl (C=O) groups excluding carboxylic acids is 1. The fourth-order valence-corrected chi connectivity index (χ4v) is 5.10. The van der Waals surface area contributed by atoms with Crippen molar-refractivity contribution in [1.29, 1.82) is 0 Å². The molecule has 0 aliphatic rings. The molecule has 10 heteroatoms. The number of nitrogens with one attached hydrogen (secondary N) is 1. The molecular formula is C22H19ClN4O3S2. The second-order valence-corrected chi connectivity index (χ2v) is 9.17. The summed E-state index contributed by atoms with van der Waals surface area (Å²) in [7, 11) is 1.49. The van der Waals surface area contributed by atoms with Crippen molar-refractivity contribution in [3.05, 3.63) is 74.5 Å². The standard InChI is InChI=1S/C22H19ClN4O3S2/c1-13-20(32-22(25-13)18-4-3-11-31-18)16-6-8-19(28)27(26-16)10-9-24-21(29)15-12-14(23)5-7-17(15)30-2/h3-8,11-12H,9-10H2,1-2H3,(H,24,29). The normalized spacial score (nSPS) is 10.8. The van der Waals surface area contributed by atoms with Gasteiger partial charge in [0.25, 0.3) is 11.5 Å². The van der Waals surface area contributed by atoms with Crippen molar-refractivity contribution in [2.24, 2.45) is 0 Å². The highest BCUT2D eigenvalue weighted by atomic mass is 35.5. The van der Waals surface area contributed by atoms with Crippen LogP contribution in [0.15, 0.2) is 52.6 Å². The van der Waals surface area contributed by atoms with Crippen molar-refractivity contribution in [3.8, 4) is 26.2 Å². The van der Waals surface area contributed by atoms with E-state index >= 15 is 0 Å². The summed E-state index contributed by atoms with van der Waals surface area (Å²) in [5.74, 6) is 0.0823. The SMILES string of the molecule is COc1ccc(Cl)cc1C(=O)NCCn1nc(-c2sc(-c3cccs3)nc2C)ccc1=O. The number of hydrogen-bond donors (Lipinski definition) is 1. The third-order valence-corrected chi connectivity index (χ3v) is 7.10. The lowest BCUT2D eigenvalue weighted by Gasteiger charge is -2.11. The molecule has 0 aliphatic carbocycles. The Kier molecular flexibility index (Phi) is 6.69. The van der Waals surface area contributed by atoms with Gasteiger partial charge in [-0.15, -0.1) is 22.7 Å². The van der Waals surface area contributed by atoms with Crippen LogP contribution in [0.4, 0.5) is 0 Å². The van der Waals surface area contributed by atoms with E-state index in [0.29, 0.717) is 22.0 Å². The van der Waals surface area contributed by atoms with Crippen LogP contribution in [0.3, 0.4) is 0 Å². The molecule has 7 nitrogen and oxygen atoms in total. The highest BCUT2D eigenvalue weighted by molar-refractivity contribution is 7.23. The Hall–Kier alpha value is -3.01. The molecule has 0 aliphatic heterocycles. The molecular weight excluding hydrogens is 468 g/mol. The van der Waals surface area contributed by atoms with Gasteiger partial charge in [-0.05, 0) is 42.6 Å². The third-order valence-electron chi connectivity index (χ3n) is 4.64. The van der Waals surface area contributed by atoms with Crippen molar-refractivity contribution >= 4 is 40.2 Å². The second-order valence-electron chi connectivity index (χ2n) is 6.79. The van der Waals surface area contributed by atoms with Gasteiger partial charge < -0.3 is 10.1 Å². The van der Waals surface area contributed by atoms with Gasteiger partial charge in [-0.2, -0.15) is 5.10 Å². The maximum Gasteiger partial charge on any atom is 0.266 e. The van der Waals surface area contributed by atoms with Crippen molar-refractivity contribution in [1.82, 2.24) is 20.1 Å². The summed E-state index contributed by atoms with van der Waals surface area (Å²) in [6.45, 7) is 2.36. The van der Waals surface area contributed by atoms with Gasteiger partial charge in [0.1, 0.15) is 16.5 Å². The molecule has 0 radical (unpaired) electrons. The monoisotopic (exact) mass is 486 g/mol. The molecule has 1 N–H and O–H groups in total. The predicted molar refractivity (Wildman–Crippen MR) is 128 cm³/mol. The molecule has 3 heterocycles. The minimum Gasteiger partial charge on any atom is -0.496 e. The number of halogens is 1. The Labute approximate surface area is 197 Å². The Balaban J connectivity index is 1.49. The minimum atomic E-state index is -0.340. The Morgan fingerprint density at radius 3 is 2.84 bits per heavy atom. The maximum atomic E-state index is 12.5. The van der Waals surface area contributed by atoms with E-state index in [0.717, 1.165) is 20.5 Å². The van der Waals surface area contributed by atoms with Crippen LogP contribution in [0.5, 0.6) is 5.75 Å². The van der Waals surface area contributed by atoms with Crippen LogP contribution >= 0.6 is 34.3 Å². The number of hydrogen-bond acceptors (Lipinski definition) is 7. The lowest BCUT2D eigenvalue weighted by molar-refractivity contribution is 0.0948. The van der Waals surface area contributed by atoms with Crippen molar-refractivity contribution in [2.45, 2.75) is 13.5 Å². The van der Waals surface area contributed by atoms with E-state index in [1.165, 1.54) is 17.9 Å². The third kappa shape index (κ3) is 4.74. The summed E-state index contributed by atoms with van der Waals surface area (Å²) in [5, 5.41) is 10.7. The van der Waals surface area contributed by atoms with E-state index in [9.17, 15) is 9.59 Å². The van der Waals surface area contributed by atoms with Gasteiger partial charge in [0, 0.05) is 17.6 Å². The number of nitrogens with zero attached hydrogens (tertiary/aromatic N) is 3. The van der Waals surface area contributed by atoms with Crippen molar-refractivity contribution < 1.29 is 9.53 Å². The number of aryl methyl sites for hydroxylation is 1. The fraction of sp³-hybridized carbons (Fsp3) is 0.182. The first kappa shape index (κ1) is 22.2. The maximum absolute atomic E-state index is 12.5. The number of thiazole rings is 1. The zero-order valence-corrected chi connectivity index (χ0v) is 19.7. The summed E-state index contributed by atoms with van der Waals surface area (Å²) < 4.78 is 6.56. The van der Waals surface area contributed by atoms with E-state index in [2.05, 4.69) is 15.4 Å². The average Bonchev–Trinajstić information content (AvgIpc) is 3.45. The van der Waals surface area contributed by atoms with E-state index in [1.54, 1.807) is 46.9 Å². The van der Waals surface area contributed by atoms with Crippen LogP contribution in [0.25, 0.3) is 20.5 Å². The molecule has 4 rings (SSSR count). The molecule has 0 saturated heterocycles. The molecule has 32 heavy (non-hydrogen) atoms. The van der Waals surface area contributed by atoms with Crippen LogP contribution in [-0.2, 0) is 6.54 Å². The fourth-order valence-electron chi connectivity index (χ4n) is 3.10. The van der Waals surface area contributed by atoms with Gasteiger partial charge in [-0.25, -0.2) is 9.67 Å². The number of thiophene rings is 1. The van der Waals surface area contributed by atoms with Crippen LogP contribution in [0, 0.1) is 6.92 Å². The molecule has 0 bridgehead atoms. The first-order chi connectivity index (χ1) is 15.5. The van der Waals surface area contributed by atoms with Crippen LogP contribution in [0.1, 0.15) is 16.1 Å². The number of benzene rings is 1. The smallest absolute Gasteiger partial charge is 0.266 e. The zero-order valence-electron chi connectivity index (χ0n) is 17.3. The highest BCUT2D eigenvalue weighted by Crippen LogP contribution is 2.35. The molecule has 0 atom stereocenters. The van der Waals surface area contributed by atoms with Gasteiger partial charge >= 0.3 is 0 Å². The Bertz CT molecular complexity index is 1320. The van der Waals surface area contributed by atoms with Crippen molar-refractivity contribution in [2.75, 3.05) is 13.7 Å². The number of carbonyl (C=O) groups is 1. The van der Waals surface area contributed by atoms with Gasteiger partial charge in [0.2, 0.25) is 0 Å². The topological polar surface area (TPSA) is 86.1 Å². The first-order valence-electron chi connectivity index (χ1n) is 9.68. The molecule has 164 valence electrons. The lowest BCUT2D eigenvalue weighted by Crippen LogP contribution is -2.32. The van der Waals surface area contributed by atoms with Crippen molar-refractivity contribution in [3.63, 3.8) is 0 Å². The molecule has 0 fully saturated rings. The predicted octanol–water partition coefficient (Wildman–Crippen LogP) is 4.50. The first-order valence-corrected chi connectivity index (χ1v) is 11.8. The molecule has 4 aromatic rings. The zero-order chi connectivity index (χ0) is 22.7. The number of methoxy groups -OCH3 is 1. The molecule has 0 unspecified atom stereocenters. The van der Waals surface area contributed by atoms with Gasteiger partial charge in [0.05, 0.1) is 34.7 Å². The lowest BCUT2D eigenvalue weighted by atomic mass is 10.2. The van der Waals surface area contributed by atoms with Crippen LogP contribution < -0.4 is 15.6 Å².